The molecule has 1 saturated heterocycles. The number of nitrogens with zero attached hydrogens (tertiary/aromatic N) is 3. The molecule has 0 bridgehead atoms. The van der Waals surface area contributed by atoms with E-state index < -0.39 is 103 Å². The summed E-state index contributed by atoms with van der Waals surface area (Å²) in [5.41, 5.74) is -0.00221. The maximum absolute atomic E-state index is 14.1. The van der Waals surface area contributed by atoms with E-state index >= 15 is 0 Å². The first kappa shape index (κ1) is 48.4. The maximum atomic E-state index is 14.1. The second-order valence-electron chi connectivity index (χ2n) is 14.7. The van der Waals surface area contributed by atoms with Gasteiger partial charge in [-0.25, -0.2) is 9.48 Å². The number of aromatic hydroxyl groups is 1. The summed E-state index contributed by atoms with van der Waals surface area (Å²) in [5, 5.41) is 24.0. The van der Waals surface area contributed by atoms with E-state index in [1.807, 2.05) is 0 Å². The number of phenols is 1. The molecular formula is C44H47N5O16. The van der Waals surface area contributed by atoms with E-state index in [1.165, 1.54) is 25.3 Å². The van der Waals surface area contributed by atoms with Crippen molar-refractivity contribution < 1.29 is 76.6 Å². The third-order valence-corrected chi connectivity index (χ3v) is 9.74. The molecule has 1 aromatic heterocycles. The number of esters is 6. The van der Waals surface area contributed by atoms with Gasteiger partial charge in [-0.3, -0.25) is 33.6 Å². The Balaban J connectivity index is 1.52. The Bertz CT molecular complexity index is 2400. The standard InChI is InChI=1S/C44H47N5O16/c1-24(50)60-23-39(57)46-40-36(62-26(3)52)20-44(43(58)59-6,49-22-34(47-48-49)33-9-7-8-10-35(33)55)65-42(40)41(64-28(5)54)37(63-27(4)53)21-45-38(56)19-29-11-13-30(14-12-29)31-15-17-32(18-16-31)61-25(2)51/h7-18,22,36-37,40-42,55H,19-21,23H2,1-6H3,(H,45,56)(H,46,57)/t36-,37+,40+,41+,42+,44+/m0/s1. The van der Waals surface area contributed by atoms with E-state index in [1.54, 1.807) is 60.7 Å². The van der Waals surface area contributed by atoms with Crippen LogP contribution < -0.4 is 15.4 Å². The molecule has 21 nitrogen and oxygen atoms in total. The van der Waals surface area contributed by atoms with Crippen LogP contribution in [0, 0.1) is 0 Å². The molecule has 2 amide bonds. The number of carbonyl (C=O) groups is 8. The summed E-state index contributed by atoms with van der Waals surface area (Å²) >= 11 is 0. The Morgan fingerprint density at radius 3 is 2.05 bits per heavy atom. The molecule has 6 atom stereocenters. The van der Waals surface area contributed by atoms with Crippen LogP contribution in [0.5, 0.6) is 11.5 Å². The highest BCUT2D eigenvalue weighted by molar-refractivity contribution is 5.82. The molecule has 0 radical (unpaired) electrons. The highest BCUT2D eigenvalue weighted by Gasteiger charge is 2.60. The number of benzene rings is 3. The Labute approximate surface area is 371 Å². The van der Waals surface area contributed by atoms with Crippen LogP contribution in [-0.2, 0) is 78.9 Å². The lowest BCUT2D eigenvalue weighted by Crippen LogP contribution is -2.69. The number of nitrogens with one attached hydrogen (secondary N) is 2. The number of carbonyl (C=O) groups excluding carboxylic acids is 8. The summed E-state index contributed by atoms with van der Waals surface area (Å²) in [6.07, 6.45) is -6.45. The van der Waals surface area contributed by atoms with Crippen LogP contribution in [0.4, 0.5) is 0 Å². The third kappa shape index (κ3) is 12.7. The van der Waals surface area contributed by atoms with Gasteiger partial charge in [0.2, 0.25) is 5.91 Å². The quantitative estimate of drug-likeness (QED) is 0.0777. The van der Waals surface area contributed by atoms with Gasteiger partial charge in [0.15, 0.2) is 18.8 Å². The van der Waals surface area contributed by atoms with Crippen molar-refractivity contribution in [2.24, 2.45) is 0 Å². The van der Waals surface area contributed by atoms with E-state index in [0.717, 1.165) is 50.6 Å². The molecule has 0 spiro atoms. The van der Waals surface area contributed by atoms with Crippen molar-refractivity contribution in [2.45, 2.75) is 83.6 Å². The molecule has 1 fully saturated rings. The molecule has 1 aliphatic heterocycles. The lowest BCUT2D eigenvalue weighted by molar-refractivity contribution is -0.265. The van der Waals surface area contributed by atoms with Crippen molar-refractivity contribution in [1.29, 1.82) is 0 Å². The van der Waals surface area contributed by atoms with Crippen molar-refractivity contribution in [1.82, 2.24) is 25.6 Å². The summed E-state index contributed by atoms with van der Waals surface area (Å²) in [7, 11) is 1.02. The van der Waals surface area contributed by atoms with Gasteiger partial charge in [-0.2, -0.15) is 0 Å². The number of ether oxygens (including phenoxy) is 7. The molecule has 4 aromatic rings. The molecule has 5 rings (SSSR count). The SMILES string of the molecule is COC(=O)[C@@]1(n2cc(-c3ccccc3O)nn2)C[C@H](OC(C)=O)[C@@H](NC(=O)COC(C)=O)[C@H]([C@H](OC(C)=O)[C@@H](CNC(=O)Cc2ccc(-c3ccc(OC(C)=O)cc3)cc2)OC(C)=O)O1. The maximum Gasteiger partial charge on any atom is 0.361 e. The fourth-order valence-electron chi connectivity index (χ4n) is 7.06. The molecule has 0 saturated carbocycles. The number of hydrogen-bond donors (Lipinski definition) is 3. The van der Waals surface area contributed by atoms with Crippen molar-refractivity contribution in [3.63, 3.8) is 0 Å². The minimum absolute atomic E-state index is 0.0500. The average Bonchev–Trinajstić information content (AvgIpc) is 3.75. The monoisotopic (exact) mass is 901 g/mol. The van der Waals surface area contributed by atoms with Crippen molar-refractivity contribution >= 4 is 47.6 Å². The molecule has 65 heavy (non-hydrogen) atoms. The highest BCUT2D eigenvalue weighted by Crippen LogP contribution is 2.40. The number of para-hydroxylation sites is 1. The van der Waals surface area contributed by atoms with Gasteiger partial charge in [-0.1, -0.05) is 53.7 Å². The Kier molecular flexibility index (Phi) is 16.1. The molecular weight excluding hydrogens is 855 g/mol. The molecule has 21 heteroatoms. The number of methoxy groups -OCH3 is 1. The Morgan fingerprint density at radius 2 is 1.46 bits per heavy atom. The van der Waals surface area contributed by atoms with Crippen LogP contribution >= 0.6 is 0 Å². The number of amides is 2. The molecule has 3 N–H and O–H groups in total. The number of aromatic nitrogens is 3. The van der Waals surface area contributed by atoms with E-state index in [9.17, 15) is 43.5 Å². The summed E-state index contributed by atoms with van der Waals surface area (Å²) in [4.78, 5) is 102. The predicted molar refractivity (Wildman–Crippen MR) is 222 cm³/mol. The van der Waals surface area contributed by atoms with Crippen LogP contribution in [0.15, 0.2) is 79.0 Å². The molecule has 3 aromatic carbocycles. The van der Waals surface area contributed by atoms with Crippen LogP contribution in [0.2, 0.25) is 0 Å². The van der Waals surface area contributed by atoms with Crippen LogP contribution in [0.3, 0.4) is 0 Å². The number of hydrogen-bond acceptors (Lipinski definition) is 18. The topological polar surface area (TPSA) is 276 Å². The van der Waals surface area contributed by atoms with E-state index in [2.05, 4.69) is 20.9 Å². The first-order valence-electron chi connectivity index (χ1n) is 19.9. The summed E-state index contributed by atoms with van der Waals surface area (Å²) in [5.74, 6) is -6.53. The molecule has 0 aliphatic carbocycles. The minimum atomic E-state index is -2.45. The molecule has 0 unspecified atom stereocenters. The average molecular weight is 902 g/mol. The summed E-state index contributed by atoms with van der Waals surface area (Å²) in [6, 6.07) is 18.4. The normalized spacial score (nSPS) is 18.7. The van der Waals surface area contributed by atoms with Gasteiger partial charge in [0.05, 0.1) is 32.3 Å². The van der Waals surface area contributed by atoms with E-state index in [4.69, 9.17) is 33.2 Å². The smallest absolute Gasteiger partial charge is 0.361 e. The molecule has 344 valence electrons. The largest absolute Gasteiger partial charge is 0.507 e. The van der Waals surface area contributed by atoms with Gasteiger partial charge in [0.1, 0.15) is 29.4 Å². The lowest BCUT2D eigenvalue weighted by atomic mass is 9.86. The van der Waals surface area contributed by atoms with Crippen molar-refractivity contribution in [3.8, 4) is 33.9 Å². The van der Waals surface area contributed by atoms with Crippen molar-refractivity contribution in [2.75, 3.05) is 20.3 Å². The van der Waals surface area contributed by atoms with Gasteiger partial charge >= 0.3 is 35.8 Å². The Hall–Kier alpha value is -7.68. The Morgan fingerprint density at radius 1 is 0.815 bits per heavy atom. The van der Waals surface area contributed by atoms with E-state index in [0.29, 0.717) is 11.3 Å². The van der Waals surface area contributed by atoms with Crippen LogP contribution in [0.25, 0.3) is 22.4 Å². The summed E-state index contributed by atoms with van der Waals surface area (Å²) < 4.78 is 39.7. The third-order valence-electron chi connectivity index (χ3n) is 9.74. The van der Waals surface area contributed by atoms with Crippen LogP contribution in [-0.4, -0.2) is 118 Å². The second kappa shape index (κ2) is 21.6. The van der Waals surface area contributed by atoms with Gasteiger partial charge in [0.25, 0.3) is 11.6 Å². The van der Waals surface area contributed by atoms with Gasteiger partial charge in [-0.15, -0.1) is 5.10 Å². The second-order valence-corrected chi connectivity index (χ2v) is 14.7. The number of rotatable bonds is 17. The van der Waals surface area contributed by atoms with Crippen molar-refractivity contribution in [3.05, 3.63) is 84.6 Å². The first-order valence-corrected chi connectivity index (χ1v) is 19.9. The zero-order valence-corrected chi connectivity index (χ0v) is 36.1. The fourth-order valence-corrected chi connectivity index (χ4v) is 7.06. The first-order chi connectivity index (χ1) is 30.9. The van der Waals surface area contributed by atoms with Crippen LogP contribution in [0.1, 0.15) is 46.6 Å². The number of phenolic OH excluding ortho intramolecular Hbond substituents is 1. The minimum Gasteiger partial charge on any atom is -0.507 e. The van der Waals surface area contributed by atoms with Gasteiger partial charge in [-0.05, 0) is 41.0 Å². The summed E-state index contributed by atoms with van der Waals surface area (Å²) in [6.45, 7) is 4.10. The zero-order chi connectivity index (χ0) is 47.4. The van der Waals surface area contributed by atoms with Gasteiger partial charge in [0, 0.05) is 46.6 Å². The van der Waals surface area contributed by atoms with E-state index in [-0.39, 0.29) is 23.4 Å². The van der Waals surface area contributed by atoms with Gasteiger partial charge < -0.3 is 48.9 Å². The lowest BCUT2D eigenvalue weighted by Gasteiger charge is -2.48. The highest BCUT2D eigenvalue weighted by atomic mass is 16.6. The molecule has 2 heterocycles. The molecule has 1 aliphatic rings. The fraction of sp³-hybridized carbons (Fsp3) is 0.364. The zero-order valence-electron chi connectivity index (χ0n) is 36.1. The predicted octanol–water partition coefficient (Wildman–Crippen LogP) is 2.06.